The summed E-state index contributed by atoms with van der Waals surface area (Å²) in [6, 6.07) is 17.3. The van der Waals surface area contributed by atoms with Gasteiger partial charge in [-0.15, -0.1) is 0 Å². The van der Waals surface area contributed by atoms with Gasteiger partial charge in [0.05, 0.1) is 0 Å². The molecule has 0 bridgehead atoms. The number of unbranched alkanes of at least 4 members (excludes halogenated alkanes) is 10. The Hall–Kier alpha value is -2.73. The predicted octanol–water partition coefficient (Wildman–Crippen LogP) is 7.77. The molecule has 2 aromatic rings. The number of rotatable bonds is 17. The third-order valence-electron chi connectivity index (χ3n) is 6.17. The van der Waals surface area contributed by atoms with Gasteiger partial charge in [-0.1, -0.05) is 101 Å². The molecule has 0 saturated carbocycles. The Labute approximate surface area is 222 Å². The molecule has 0 aromatic heterocycles. The molecular weight excluding hydrogens is 466 g/mol. The number of thiocarbonyl (C=S) groups is 1. The predicted molar refractivity (Wildman–Crippen MR) is 155 cm³/mol. The third-order valence-corrected chi connectivity index (χ3v) is 6.37. The fourth-order valence-electron chi connectivity index (χ4n) is 4.06. The van der Waals surface area contributed by atoms with Crippen LogP contribution in [0.3, 0.4) is 0 Å². The Bertz CT molecular complexity index is 900. The molecule has 0 atom stereocenters. The normalized spacial score (nSPS) is 10.6. The molecule has 0 aliphatic carbocycles. The topological polar surface area (TPSA) is 70.2 Å². The first kappa shape index (κ1) is 29.5. The molecule has 2 amide bonds. The average Bonchev–Trinajstić information content (AvgIpc) is 2.88. The molecule has 0 heterocycles. The second kappa shape index (κ2) is 18.5. The summed E-state index contributed by atoms with van der Waals surface area (Å²) >= 11 is 5.27. The van der Waals surface area contributed by atoms with Gasteiger partial charge in [-0.05, 0) is 54.9 Å². The molecule has 36 heavy (non-hydrogen) atoms. The van der Waals surface area contributed by atoms with Gasteiger partial charge in [0, 0.05) is 24.2 Å². The van der Waals surface area contributed by atoms with E-state index in [2.05, 4.69) is 22.9 Å². The summed E-state index contributed by atoms with van der Waals surface area (Å²) in [7, 11) is 0. The molecule has 3 N–H and O–H groups in total. The fourth-order valence-corrected chi connectivity index (χ4v) is 4.30. The van der Waals surface area contributed by atoms with Crippen molar-refractivity contribution in [2.75, 3.05) is 10.6 Å². The summed E-state index contributed by atoms with van der Waals surface area (Å²) in [5.41, 5.74) is 2.63. The quantitative estimate of drug-likeness (QED) is 0.150. The summed E-state index contributed by atoms with van der Waals surface area (Å²) < 4.78 is 0. The van der Waals surface area contributed by atoms with Crippen molar-refractivity contribution in [2.45, 2.75) is 96.8 Å². The summed E-state index contributed by atoms with van der Waals surface area (Å²) in [5.74, 6) is -0.0736. The van der Waals surface area contributed by atoms with Gasteiger partial charge in [0.1, 0.15) is 0 Å². The van der Waals surface area contributed by atoms with Gasteiger partial charge in [-0.3, -0.25) is 9.59 Å². The van der Waals surface area contributed by atoms with E-state index < -0.39 is 0 Å². The van der Waals surface area contributed by atoms with Gasteiger partial charge in [0.2, 0.25) is 11.8 Å². The lowest BCUT2D eigenvalue weighted by atomic mass is 10.1. The van der Waals surface area contributed by atoms with Gasteiger partial charge >= 0.3 is 0 Å². The first-order valence-corrected chi connectivity index (χ1v) is 14.0. The monoisotopic (exact) mass is 509 g/mol. The van der Waals surface area contributed by atoms with Crippen molar-refractivity contribution < 1.29 is 9.59 Å². The lowest BCUT2D eigenvalue weighted by Crippen LogP contribution is -2.33. The Balaban J connectivity index is 1.53. The van der Waals surface area contributed by atoms with Crippen LogP contribution in [0, 0.1) is 0 Å². The smallest absolute Gasteiger partial charge is 0.226 e. The second-order valence-corrected chi connectivity index (χ2v) is 9.81. The highest BCUT2D eigenvalue weighted by atomic mass is 32.1. The number of hydrogen-bond acceptors (Lipinski definition) is 3. The van der Waals surface area contributed by atoms with E-state index >= 15 is 0 Å². The van der Waals surface area contributed by atoms with Crippen molar-refractivity contribution in [2.24, 2.45) is 0 Å². The van der Waals surface area contributed by atoms with Crippen LogP contribution < -0.4 is 16.0 Å². The molecule has 2 rings (SSSR count). The zero-order valence-corrected chi connectivity index (χ0v) is 22.6. The highest BCUT2D eigenvalue weighted by molar-refractivity contribution is 7.80. The van der Waals surface area contributed by atoms with Crippen molar-refractivity contribution in [3.8, 4) is 0 Å². The van der Waals surface area contributed by atoms with Crippen LogP contribution in [-0.2, 0) is 16.0 Å². The molecular formula is C30H43N3O2S. The summed E-state index contributed by atoms with van der Waals surface area (Å²) in [6.45, 7) is 2.25. The number of aryl methyl sites for hydroxylation is 1. The second-order valence-electron chi connectivity index (χ2n) is 9.40. The lowest BCUT2D eigenvalue weighted by Gasteiger charge is -2.11. The minimum atomic E-state index is -0.0503. The Morgan fingerprint density at radius 1 is 0.639 bits per heavy atom. The van der Waals surface area contributed by atoms with E-state index in [0.29, 0.717) is 24.4 Å². The zero-order valence-electron chi connectivity index (χ0n) is 21.8. The summed E-state index contributed by atoms with van der Waals surface area (Å²) in [6.07, 6.45) is 15.5. The number of benzene rings is 2. The van der Waals surface area contributed by atoms with Crippen molar-refractivity contribution in [3.05, 3.63) is 60.2 Å². The Morgan fingerprint density at radius 3 is 1.75 bits per heavy atom. The maximum absolute atomic E-state index is 12.2. The van der Waals surface area contributed by atoms with Crippen LogP contribution in [-0.4, -0.2) is 16.9 Å². The number of amides is 2. The molecule has 6 heteroatoms. The van der Waals surface area contributed by atoms with Crippen molar-refractivity contribution in [1.82, 2.24) is 5.32 Å². The third kappa shape index (κ3) is 14.0. The number of carbonyl (C=O) groups excluding carboxylic acids is 2. The number of hydrogen-bond donors (Lipinski definition) is 3. The van der Waals surface area contributed by atoms with E-state index in [1.54, 1.807) is 0 Å². The van der Waals surface area contributed by atoms with Gasteiger partial charge in [0.15, 0.2) is 5.11 Å². The first-order chi connectivity index (χ1) is 17.6. The Kier molecular flexibility index (Phi) is 15.2. The van der Waals surface area contributed by atoms with Crippen LogP contribution in [0.15, 0.2) is 54.6 Å². The molecule has 0 aliphatic heterocycles. The van der Waals surface area contributed by atoms with Crippen molar-refractivity contribution >= 4 is 40.5 Å². The molecule has 0 saturated heterocycles. The largest absolute Gasteiger partial charge is 0.332 e. The highest BCUT2D eigenvalue weighted by Crippen LogP contribution is 2.15. The van der Waals surface area contributed by atoms with E-state index in [4.69, 9.17) is 12.2 Å². The summed E-state index contributed by atoms with van der Waals surface area (Å²) in [5, 5.41) is 8.99. The van der Waals surface area contributed by atoms with Gasteiger partial charge in [-0.25, -0.2) is 0 Å². The highest BCUT2D eigenvalue weighted by Gasteiger charge is 2.06. The van der Waals surface area contributed by atoms with Crippen LogP contribution in [0.2, 0.25) is 0 Å². The molecule has 5 nitrogen and oxygen atoms in total. The minimum absolute atomic E-state index is 0.0234. The molecule has 0 unspecified atom stereocenters. The summed E-state index contributed by atoms with van der Waals surface area (Å²) in [4.78, 5) is 24.4. The van der Waals surface area contributed by atoms with Gasteiger partial charge in [-0.2, -0.15) is 0 Å². The number of carbonyl (C=O) groups is 2. The molecule has 0 fully saturated rings. The maximum Gasteiger partial charge on any atom is 0.226 e. The Morgan fingerprint density at radius 2 is 1.17 bits per heavy atom. The van der Waals surface area contributed by atoms with E-state index in [1.165, 1.54) is 57.8 Å². The molecule has 0 aliphatic rings. The van der Waals surface area contributed by atoms with E-state index in [-0.39, 0.29) is 11.8 Å². The lowest BCUT2D eigenvalue weighted by molar-refractivity contribution is -0.119. The maximum atomic E-state index is 12.2. The number of anilines is 2. The first-order valence-electron chi connectivity index (χ1n) is 13.6. The standard InChI is InChI=1S/C30H43N3O2S/c1-2-3-4-5-6-7-8-9-10-11-15-18-28(34)33-30(36)32-27-22-20-26(21-23-27)31-29(35)24-19-25-16-13-12-14-17-25/h12-14,16-17,20-23H,2-11,15,18-19,24H2,1H3,(H,31,35)(H2,32,33,34,36). The van der Waals surface area contributed by atoms with Gasteiger partial charge in [0.25, 0.3) is 0 Å². The van der Waals surface area contributed by atoms with E-state index in [0.717, 1.165) is 29.8 Å². The SMILES string of the molecule is CCCCCCCCCCCCCC(=O)NC(=S)Nc1ccc(NC(=O)CCc2ccccc2)cc1. The van der Waals surface area contributed by atoms with Gasteiger partial charge < -0.3 is 16.0 Å². The van der Waals surface area contributed by atoms with Crippen LogP contribution in [0.5, 0.6) is 0 Å². The van der Waals surface area contributed by atoms with Crippen molar-refractivity contribution in [3.63, 3.8) is 0 Å². The molecule has 0 radical (unpaired) electrons. The number of nitrogens with one attached hydrogen (secondary N) is 3. The molecule has 0 spiro atoms. The average molecular weight is 510 g/mol. The van der Waals surface area contributed by atoms with E-state index in [9.17, 15) is 9.59 Å². The molecule has 196 valence electrons. The van der Waals surface area contributed by atoms with Crippen LogP contribution in [0.25, 0.3) is 0 Å². The van der Waals surface area contributed by atoms with Crippen LogP contribution in [0.4, 0.5) is 11.4 Å². The molecule has 2 aromatic carbocycles. The van der Waals surface area contributed by atoms with Crippen LogP contribution >= 0.6 is 12.2 Å². The van der Waals surface area contributed by atoms with Crippen molar-refractivity contribution in [1.29, 1.82) is 0 Å². The minimum Gasteiger partial charge on any atom is -0.332 e. The van der Waals surface area contributed by atoms with E-state index in [1.807, 2.05) is 54.6 Å². The fraction of sp³-hybridized carbons (Fsp3) is 0.500. The van der Waals surface area contributed by atoms with Crippen LogP contribution in [0.1, 0.15) is 96.0 Å². The zero-order chi connectivity index (χ0) is 25.8.